The van der Waals surface area contributed by atoms with Crippen LogP contribution >= 0.6 is 34.7 Å². The van der Waals surface area contributed by atoms with Crippen LogP contribution in [0.5, 0.6) is 0 Å². The van der Waals surface area contributed by atoms with Crippen LogP contribution in [-0.2, 0) is 0 Å². The van der Waals surface area contributed by atoms with Gasteiger partial charge in [-0.15, -0.1) is 0 Å². The molecule has 0 saturated carbocycles. The van der Waals surface area contributed by atoms with E-state index in [-0.39, 0.29) is 0 Å². The Morgan fingerprint density at radius 1 is 1.39 bits per heavy atom. The quantitative estimate of drug-likeness (QED) is 0.628. The molecule has 2 rings (SSSR count). The number of halogens is 1. The van der Waals surface area contributed by atoms with Crippen LogP contribution in [0.3, 0.4) is 0 Å². The summed E-state index contributed by atoms with van der Waals surface area (Å²) in [5.74, 6) is 1.09. The van der Waals surface area contributed by atoms with Crippen molar-refractivity contribution < 1.29 is 0 Å². The van der Waals surface area contributed by atoms with Crippen LogP contribution in [0.15, 0.2) is 28.6 Å². The number of rotatable bonds is 5. The van der Waals surface area contributed by atoms with Gasteiger partial charge in [0, 0.05) is 11.3 Å². The van der Waals surface area contributed by atoms with Crippen molar-refractivity contribution in [3.63, 3.8) is 0 Å². The predicted octanol–water partition coefficient (Wildman–Crippen LogP) is 4.94. The van der Waals surface area contributed by atoms with E-state index in [0.29, 0.717) is 5.02 Å². The molecule has 1 heterocycles. The van der Waals surface area contributed by atoms with Gasteiger partial charge < -0.3 is 5.73 Å². The van der Waals surface area contributed by atoms with Crippen LogP contribution in [0, 0.1) is 0 Å². The fourth-order valence-electron chi connectivity index (χ4n) is 1.52. The highest BCUT2D eigenvalue weighted by molar-refractivity contribution is 8.01. The first kappa shape index (κ1) is 13.7. The standard InChI is InChI=1S/C13H15ClN2S2/c1-2-3-8-17-13-16-11(12(15)18-13)9-6-4-5-7-10(9)14/h4-7H,2-3,8,15H2,1H3. The van der Waals surface area contributed by atoms with Crippen LogP contribution < -0.4 is 5.73 Å². The van der Waals surface area contributed by atoms with Gasteiger partial charge in [-0.3, -0.25) is 0 Å². The number of unbranched alkanes of at least 4 members (excludes halogenated alkanes) is 1. The first-order valence-corrected chi connectivity index (χ1v) is 8.04. The summed E-state index contributed by atoms with van der Waals surface area (Å²) < 4.78 is 1.02. The van der Waals surface area contributed by atoms with Gasteiger partial charge >= 0.3 is 0 Å². The molecular formula is C13H15ClN2S2. The molecule has 0 unspecified atom stereocenters. The maximum Gasteiger partial charge on any atom is 0.152 e. The molecule has 0 aliphatic heterocycles. The van der Waals surface area contributed by atoms with E-state index in [9.17, 15) is 0 Å². The topological polar surface area (TPSA) is 38.9 Å². The Morgan fingerprint density at radius 3 is 2.89 bits per heavy atom. The predicted molar refractivity (Wildman–Crippen MR) is 82.6 cm³/mol. The number of benzene rings is 1. The Morgan fingerprint density at radius 2 is 2.17 bits per heavy atom. The van der Waals surface area contributed by atoms with Crippen molar-refractivity contribution in [2.75, 3.05) is 11.5 Å². The van der Waals surface area contributed by atoms with Crippen molar-refractivity contribution in [3.05, 3.63) is 29.3 Å². The van der Waals surface area contributed by atoms with E-state index in [0.717, 1.165) is 26.4 Å². The average Bonchev–Trinajstić information content (AvgIpc) is 2.71. The Balaban J connectivity index is 2.22. The molecule has 2 nitrogen and oxygen atoms in total. The third-order valence-electron chi connectivity index (χ3n) is 2.49. The smallest absolute Gasteiger partial charge is 0.152 e. The number of hydrogen-bond donors (Lipinski definition) is 1. The SMILES string of the molecule is CCCCSc1nc(-c2ccccc2Cl)c(N)s1. The molecule has 18 heavy (non-hydrogen) atoms. The number of nitrogen functional groups attached to an aromatic ring is 1. The van der Waals surface area contributed by atoms with Crippen LogP contribution in [0.1, 0.15) is 19.8 Å². The number of thiazole rings is 1. The summed E-state index contributed by atoms with van der Waals surface area (Å²) in [5, 5.41) is 1.43. The molecule has 0 aliphatic rings. The van der Waals surface area contributed by atoms with Crippen molar-refractivity contribution in [1.82, 2.24) is 4.98 Å². The molecule has 0 atom stereocenters. The van der Waals surface area contributed by atoms with E-state index in [1.54, 1.807) is 11.8 Å². The molecule has 0 radical (unpaired) electrons. The van der Waals surface area contributed by atoms with Crippen molar-refractivity contribution in [1.29, 1.82) is 0 Å². The highest BCUT2D eigenvalue weighted by Crippen LogP contribution is 2.38. The lowest BCUT2D eigenvalue weighted by Gasteiger charge is -2.00. The molecule has 5 heteroatoms. The molecular weight excluding hydrogens is 284 g/mol. The maximum absolute atomic E-state index is 6.17. The summed E-state index contributed by atoms with van der Waals surface area (Å²) >= 11 is 9.47. The number of aromatic nitrogens is 1. The van der Waals surface area contributed by atoms with Gasteiger partial charge in [0.25, 0.3) is 0 Å². The molecule has 1 aromatic carbocycles. The molecule has 1 aromatic heterocycles. The second-order valence-electron chi connectivity index (χ2n) is 3.87. The molecule has 0 aliphatic carbocycles. The van der Waals surface area contributed by atoms with Crippen LogP contribution in [0.2, 0.25) is 5.02 Å². The minimum atomic E-state index is 0.694. The summed E-state index contributed by atoms with van der Waals surface area (Å²) in [6.45, 7) is 2.19. The highest BCUT2D eigenvalue weighted by Gasteiger charge is 2.13. The van der Waals surface area contributed by atoms with Gasteiger partial charge in [-0.25, -0.2) is 4.98 Å². The van der Waals surface area contributed by atoms with Gasteiger partial charge in [-0.1, -0.05) is 66.2 Å². The largest absolute Gasteiger partial charge is 0.389 e. The molecule has 96 valence electrons. The van der Waals surface area contributed by atoms with Crippen molar-refractivity contribution >= 4 is 39.7 Å². The van der Waals surface area contributed by atoms with Crippen molar-refractivity contribution in [2.45, 2.75) is 24.1 Å². The zero-order valence-electron chi connectivity index (χ0n) is 10.1. The van der Waals surface area contributed by atoms with Gasteiger partial charge in [0.05, 0.1) is 5.02 Å². The van der Waals surface area contributed by atoms with Gasteiger partial charge in [0.2, 0.25) is 0 Å². The summed E-state index contributed by atoms with van der Waals surface area (Å²) in [5.41, 5.74) is 7.75. The Labute approximate surface area is 121 Å². The Kier molecular flexibility index (Phi) is 4.92. The number of hydrogen-bond acceptors (Lipinski definition) is 4. The average molecular weight is 299 g/mol. The molecule has 0 spiro atoms. The van der Waals surface area contributed by atoms with Gasteiger partial charge in [0.1, 0.15) is 10.7 Å². The van der Waals surface area contributed by atoms with Crippen LogP contribution in [0.4, 0.5) is 5.00 Å². The highest BCUT2D eigenvalue weighted by atomic mass is 35.5. The summed E-state index contributed by atoms with van der Waals surface area (Å²) in [7, 11) is 0. The van der Waals surface area contributed by atoms with E-state index in [1.165, 1.54) is 24.2 Å². The molecule has 0 saturated heterocycles. The Bertz CT molecular complexity index is 525. The number of anilines is 1. The van der Waals surface area contributed by atoms with E-state index in [2.05, 4.69) is 11.9 Å². The van der Waals surface area contributed by atoms with E-state index < -0.39 is 0 Å². The second kappa shape index (κ2) is 6.45. The van der Waals surface area contributed by atoms with Gasteiger partial charge in [-0.2, -0.15) is 0 Å². The lowest BCUT2D eigenvalue weighted by molar-refractivity contribution is 0.896. The number of thioether (sulfide) groups is 1. The summed E-state index contributed by atoms with van der Waals surface area (Å²) in [4.78, 5) is 4.58. The monoisotopic (exact) mass is 298 g/mol. The van der Waals surface area contributed by atoms with Crippen molar-refractivity contribution in [3.8, 4) is 11.3 Å². The summed E-state index contributed by atoms with van der Waals surface area (Å²) in [6, 6.07) is 7.67. The van der Waals surface area contributed by atoms with E-state index in [4.69, 9.17) is 17.3 Å². The second-order valence-corrected chi connectivity index (χ2v) is 6.65. The lowest BCUT2D eigenvalue weighted by Crippen LogP contribution is -1.86. The fraction of sp³-hybridized carbons (Fsp3) is 0.308. The third kappa shape index (κ3) is 3.19. The first-order chi connectivity index (χ1) is 8.72. The Hall–Kier alpha value is -0.710. The molecule has 0 amide bonds. The van der Waals surface area contributed by atoms with Crippen molar-refractivity contribution in [2.24, 2.45) is 0 Å². The van der Waals surface area contributed by atoms with E-state index >= 15 is 0 Å². The first-order valence-electron chi connectivity index (χ1n) is 5.86. The van der Waals surface area contributed by atoms with Gasteiger partial charge in [-0.05, 0) is 12.5 Å². The minimum absolute atomic E-state index is 0.694. The fourth-order valence-corrected chi connectivity index (χ4v) is 3.84. The van der Waals surface area contributed by atoms with Crippen LogP contribution in [-0.4, -0.2) is 10.7 Å². The number of nitrogens with two attached hydrogens (primary N) is 1. The van der Waals surface area contributed by atoms with E-state index in [1.807, 2.05) is 24.3 Å². The summed E-state index contributed by atoms with van der Waals surface area (Å²) in [6.07, 6.45) is 2.40. The van der Waals surface area contributed by atoms with Crippen LogP contribution in [0.25, 0.3) is 11.3 Å². The minimum Gasteiger partial charge on any atom is -0.389 e. The van der Waals surface area contributed by atoms with Gasteiger partial charge in [0.15, 0.2) is 4.34 Å². The number of nitrogens with zero attached hydrogens (tertiary/aromatic N) is 1. The molecule has 2 N–H and O–H groups in total. The normalized spacial score (nSPS) is 10.8. The lowest BCUT2D eigenvalue weighted by atomic mass is 10.2. The zero-order valence-corrected chi connectivity index (χ0v) is 12.5. The maximum atomic E-state index is 6.17. The third-order valence-corrected chi connectivity index (χ3v) is 4.93. The zero-order chi connectivity index (χ0) is 13.0. The molecule has 0 fully saturated rings. The molecule has 2 aromatic rings. The molecule has 0 bridgehead atoms.